The molecule has 4 rings (SSSR count). The first-order chi connectivity index (χ1) is 10.7. The van der Waals surface area contributed by atoms with Gasteiger partial charge in [-0.25, -0.2) is 9.69 Å². The number of carbonyl (C=O) groups excluding carboxylic acids is 2. The molecule has 2 aromatic rings. The molecule has 1 fully saturated rings. The zero-order valence-corrected chi connectivity index (χ0v) is 12.1. The van der Waals surface area contributed by atoms with E-state index >= 15 is 0 Å². The molecule has 2 aliphatic heterocycles. The van der Waals surface area contributed by atoms with Crippen LogP contribution in [0, 0.1) is 0 Å². The molecule has 0 N–H and O–H groups in total. The molecular weight excluding hydrogens is 302 g/mol. The molecule has 2 aliphatic rings. The van der Waals surface area contributed by atoms with Crippen molar-refractivity contribution in [1.29, 1.82) is 0 Å². The van der Waals surface area contributed by atoms with Gasteiger partial charge < -0.3 is 0 Å². The van der Waals surface area contributed by atoms with E-state index in [1.54, 1.807) is 30.3 Å². The van der Waals surface area contributed by atoms with Crippen LogP contribution in [0.5, 0.6) is 0 Å². The number of para-hydroxylation sites is 2. The van der Waals surface area contributed by atoms with Crippen LogP contribution in [0.25, 0.3) is 0 Å². The van der Waals surface area contributed by atoms with Gasteiger partial charge in [0.25, 0.3) is 5.91 Å². The summed E-state index contributed by atoms with van der Waals surface area (Å²) in [7, 11) is 0. The van der Waals surface area contributed by atoms with Crippen molar-refractivity contribution in [2.24, 2.45) is 4.99 Å². The van der Waals surface area contributed by atoms with Crippen LogP contribution in [-0.4, -0.2) is 24.2 Å². The highest BCUT2D eigenvalue weighted by molar-refractivity contribution is 6.34. The molecule has 5 nitrogen and oxygen atoms in total. The van der Waals surface area contributed by atoms with Crippen LogP contribution in [0.15, 0.2) is 53.5 Å². The van der Waals surface area contributed by atoms with Crippen molar-refractivity contribution < 1.29 is 9.59 Å². The number of carbonyl (C=O) groups is 2. The van der Waals surface area contributed by atoms with Crippen LogP contribution >= 0.6 is 11.6 Å². The summed E-state index contributed by atoms with van der Waals surface area (Å²) in [4.78, 5) is 32.2. The Morgan fingerprint density at radius 2 is 1.73 bits per heavy atom. The molecule has 0 aromatic heterocycles. The number of hydrogen-bond acceptors (Lipinski definition) is 3. The van der Waals surface area contributed by atoms with Gasteiger partial charge in [-0.3, -0.25) is 14.7 Å². The molecule has 0 saturated carbocycles. The monoisotopic (exact) mass is 311 g/mol. The first-order valence-corrected chi connectivity index (χ1v) is 7.10. The molecule has 3 amide bonds. The Hall–Kier alpha value is -2.66. The van der Waals surface area contributed by atoms with Crippen LogP contribution in [0.2, 0.25) is 5.02 Å². The second-order valence-electron chi connectivity index (χ2n) is 5.01. The fraction of sp³-hybridized carbons (Fsp3) is 0.0625. The van der Waals surface area contributed by atoms with E-state index in [0.717, 1.165) is 4.90 Å². The van der Waals surface area contributed by atoms with E-state index in [9.17, 15) is 9.59 Å². The molecule has 108 valence electrons. The summed E-state index contributed by atoms with van der Waals surface area (Å²) in [5.74, 6) is -0.314. The molecule has 2 heterocycles. The van der Waals surface area contributed by atoms with E-state index in [-0.39, 0.29) is 11.9 Å². The lowest BCUT2D eigenvalue weighted by molar-refractivity contribution is -0.116. The van der Waals surface area contributed by atoms with Crippen LogP contribution in [0.1, 0.15) is 0 Å². The summed E-state index contributed by atoms with van der Waals surface area (Å²) in [6, 6.07) is 12.8. The maximum absolute atomic E-state index is 12.7. The average Bonchev–Trinajstić information content (AvgIpc) is 2.80. The SMILES string of the molecule is O=C1C2C=Nc3ccccc3N2C(=O)N1c1ccc(Cl)cc1. The van der Waals surface area contributed by atoms with Crippen molar-refractivity contribution in [1.82, 2.24) is 0 Å². The first-order valence-electron chi connectivity index (χ1n) is 6.73. The maximum Gasteiger partial charge on any atom is 0.337 e. The molecule has 6 heteroatoms. The normalized spacial score (nSPS) is 19.4. The lowest BCUT2D eigenvalue weighted by atomic mass is 10.1. The number of hydrogen-bond donors (Lipinski definition) is 0. The van der Waals surface area contributed by atoms with Crippen LogP contribution in [0.4, 0.5) is 21.9 Å². The van der Waals surface area contributed by atoms with Crippen LogP contribution < -0.4 is 9.80 Å². The third-order valence-electron chi connectivity index (χ3n) is 3.73. The van der Waals surface area contributed by atoms with E-state index in [1.807, 2.05) is 18.2 Å². The van der Waals surface area contributed by atoms with Gasteiger partial charge in [-0.15, -0.1) is 0 Å². The van der Waals surface area contributed by atoms with Gasteiger partial charge in [0.05, 0.1) is 17.1 Å². The van der Waals surface area contributed by atoms with Crippen molar-refractivity contribution in [3.05, 3.63) is 53.6 Å². The minimum absolute atomic E-state index is 0.314. The lowest BCUT2D eigenvalue weighted by Crippen LogP contribution is -2.38. The molecule has 0 aliphatic carbocycles. The first kappa shape index (κ1) is 13.0. The third-order valence-corrected chi connectivity index (χ3v) is 3.98. The van der Waals surface area contributed by atoms with Crippen molar-refractivity contribution in [2.45, 2.75) is 6.04 Å². The number of halogens is 1. The Bertz CT molecular complexity index is 816. The number of fused-ring (bicyclic) bond motifs is 3. The smallest absolute Gasteiger partial charge is 0.274 e. The Balaban J connectivity index is 1.81. The number of benzene rings is 2. The summed E-state index contributed by atoms with van der Waals surface area (Å²) in [5.41, 5.74) is 1.82. The molecule has 2 aromatic carbocycles. The predicted molar refractivity (Wildman–Crippen MR) is 85.2 cm³/mol. The summed E-state index contributed by atoms with van der Waals surface area (Å²) in [6.45, 7) is 0. The van der Waals surface area contributed by atoms with Crippen LogP contribution in [0.3, 0.4) is 0 Å². The van der Waals surface area contributed by atoms with E-state index in [2.05, 4.69) is 4.99 Å². The number of aliphatic imine (C=N–C) groups is 1. The standard InChI is InChI=1S/C16H10ClN3O2/c17-10-5-7-11(8-6-10)19-15(21)14-9-18-12-3-1-2-4-13(12)20(14)16(19)22/h1-9,14H. The Labute approximate surface area is 131 Å². The molecule has 1 saturated heterocycles. The van der Waals surface area contributed by atoms with Gasteiger partial charge in [0.2, 0.25) is 0 Å². The maximum atomic E-state index is 12.7. The lowest BCUT2D eigenvalue weighted by Gasteiger charge is -2.24. The molecule has 22 heavy (non-hydrogen) atoms. The molecule has 0 radical (unpaired) electrons. The largest absolute Gasteiger partial charge is 0.337 e. The molecular formula is C16H10ClN3O2. The minimum Gasteiger partial charge on any atom is -0.274 e. The number of rotatable bonds is 1. The minimum atomic E-state index is -0.696. The number of urea groups is 1. The summed E-state index contributed by atoms with van der Waals surface area (Å²) < 4.78 is 0. The Morgan fingerprint density at radius 3 is 2.50 bits per heavy atom. The fourth-order valence-electron chi connectivity index (χ4n) is 2.70. The zero-order valence-electron chi connectivity index (χ0n) is 11.3. The Morgan fingerprint density at radius 1 is 1.00 bits per heavy atom. The van der Waals surface area contributed by atoms with E-state index in [0.29, 0.717) is 22.1 Å². The quantitative estimate of drug-likeness (QED) is 0.758. The van der Waals surface area contributed by atoms with Gasteiger partial charge in [-0.2, -0.15) is 0 Å². The third kappa shape index (κ3) is 1.76. The van der Waals surface area contributed by atoms with Crippen molar-refractivity contribution in [3.63, 3.8) is 0 Å². The summed E-state index contributed by atoms with van der Waals surface area (Å²) in [6.07, 6.45) is 1.51. The van der Waals surface area contributed by atoms with Gasteiger partial charge in [0, 0.05) is 11.2 Å². The molecule has 0 bridgehead atoms. The van der Waals surface area contributed by atoms with E-state index in [4.69, 9.17) is 11.6 Å². The number of imide groups is 1. The van der Waals surface area contributed by atoms with Gasteiger partial charge in [-0.05, 0) is 36.4 Å². The molecule has 0 spiro atoms. The fourth-order valence-corrected chi connectivity index (χ4v) is 2.83. The predicted octanol–water partition coefficient (Wildman–Crippen LogP) is 3.40. The second-order valence-corrected chi connectivity index (χ2v) is 5.45. The second kappa shape index (κ2) is 4.68. The van der Waals surface area contributed by atoms with Gasteiger partial charge in [0.1, 0.15) is 0 Å². The highest BCUT2D eigenvalue weighted by Crippen LogP contribution is 2.38. The van der Waals surface area contributed by atoms with Crippen molar-refractivity contribution in [2.75, 3.05) is 9.80 Å². The summed E-state index contributed by atoms with van der Waals surface area (Å²) in [5, 5.41) is 0.549. The van der Waals surface area contributed by atoms with E-state index < -0.39 is 6.04 Å². The number of anilines is 2. The van der Waals surface area contributed by atoms with Gasteiger partial charge >= 0.3 is 6.03 Å². The van der Waals surface area contributed by atoms with Crippen molar-refractivity contribution in [3.8, 4) is 0 Å². The van der Waals surface area contributed by atoms with Crippen LogP contribution in [-0.2, 0) is 4.79 Å². The molecule has 1 atom stereocenters. The highest BCUT2D eigenvalue weighted by Gasteiger charge is 2.47. The average molecular weight is 312 g/mol. The van der Waals surface area contributed by atoms with E-state index in [1.165, 1.54) is 11.1 Å². The highest BCUT2D eigenvalue weighted by atomic mass is 35.5. The summed E-state index contributed by atoms with van der Waals surface area (Å²) >= 11 is 5.86. The van der Waals surface area contributed by atoms with Gasteiger partial charge in [-0.1, -0.05) is 23.7 Å². The van der Waals surface area contributed by atoms with Gasteiger partial charge in [0.15, 0.2) is 6.04 Å². The number of amides is 3. The zero-order chi connectivity index (χ0) is 15.3. The Kier molecular flexibility index (Phi) is 2.77. The van der Waals surface area contributed by atoms with Crippen molar-refractivity contribution >= 4 is 46.8 Å². The molecule has 1 unspecified atom stereocenters. The topological polar surface area (TPSA) is 53.0 Å². The number of nitrogens with zero attached hydrogens (tertiary/aromatic N) is 3.